The summed E-state index contributed by atoms with van der Waals surface area (Å²) in [6.45, 7) is 0.962. The second-order valence-corrected chi connectivity index (χ2v) is 5.16. The zero-order chi connectivity index (χ0) is 15.9. The zero-order valence-electron chi connectivity index (χ0n) is 12.8. The van der Waals surface area contributed by atoms with E-state index in [1.54, 1.807) is 6.07 Å². The fourth-order valence-corrected chi connectivity index (χ4v) is 2.30. The van der Waals surface area contributed by atoms with Crippen molar-refractivity contribution < 1.29 is 9.47 Å². The normalized spacial score (nSPS) is 10.3. The van der Waals surface area contributed by atoms with Crippen LogP contribution in [0.3, 0.4) is 0 Å². The van der Waals surface area contributed by atoms with Crippen LogP contribution in [0.25, 0.3) is 11.1 Å². The lowest BCUT2D eigenvalue weighted by Gasteiger charge is -2.09. The van der Waals surface area contributed by atoms with Gasteiger partial charge in [-0.1, -0.05) is 48.5 Å². The van der Waals surface area contributed by atoms with Gasteiger partial charge in [-0.05, 0) is 35.4 Å². The van der Waals surface area contributed by atoms with E-state index in [-0.39, 0.29) is 0 Å². The van der Waals surface area contributed by atoms with Gasteiger partial charge >= 0.3 is 0 Å². The number of benzene rings is 3. The molecule has 0 atom stereocenters. The molecule has 3 nitrogen and oxygen atoms in total. The fraction of sp³-hybridized carbons (Fsp3) is 0.100. The van der Waals surface area contributed by atoms with Gasteiger partial charge in [0.05, 0.1) is 0 Å². The molecule has 23 heavy (non-hydrogen) atoms. The number of anilines is 1. The van der Waals surface area contributed by atoms with Crippen LogP contribution in [-0.2, 0) is 0 Å². The highest BCUT2D eigenvalue weighted by Crippen LogP contribution is 2.22. The lowest BCUT2D eigenvalue weighted by molar-refractivity contribution is 0.217. The second-order valence-electron chi connectivity index (χ2n) is 5.16. The maximum atomic E-state index is 5.70. The molecule has 0 spiro atoms. The van der Waals surface area contributed by atoms with Gasteiger partial charge in [0.1, 0.15) is 24.7 Å². The molecule has 116 valence electrons. The standard InChI is InChI=1S/C20H19NO2/c21-18-7-4-8-20(15-18)23-14-13-22-19-11-9-17(10-12-19)16-5-2-1-3-6-16/h1-12,15H,13-14,21H2. The summed E-state index contributed by atoms with van der Waals surface area (Å²) in [5.74, 6) is 1.59. The van der Waals surface area contributed by atoms with Gasteiger partial charge in [0.2, 0.25) is 0 Å². The third-order valence-corrected chi connectivity index (χ3v) is 3.44. The number of hydrogen-bond donors (Lipinski definition) is 1. The molecule has 0 aromatic heterocycles. The molecule has 0 unspecified atom stereocenters. The highest BCUT2D eigenvalue weighted by atomic mass is 16.5. The van der Waals surface area contributed by atoms with Crippen molar-refractivity contribution in [2.75, 3.05) is 18.9 Å². The molecular weight excluding hydrogens is 286 g/mol. The third-order valence-electron chi connectivity index (χ3n) is 3.44. The third kappa shape index (κ3) is 4.27. The molecule has 0 aliphatic heterocycles. The van der Waals surface area contributed by atoms with Gasteiger partial charge in [0.25, 0.3) is 0 Å². The van der Waals surface area contributed by atoms with Crippen LogP contribution in [0.5, 0.6) is 11.5 Å². The second kappa shape index (κ2) is 7.36. The van der Waals surface area contributed by atoms with Gasteiger partial charge in [-0.3, -0.25) is 0 Å². The average Bonchev–Trinajstić information content (AvgIpc) is 2.60. The first-order chi connectivity index (χ1) is 11.3. The van der Waals surface area contributed by atoms with Crippen LogP contribution in [-0.4, -0.2) is 13.2 Å². The molecule has 2 N–H and O–H groups in total. The molecule has 3 aromatic carbocycles. The van der Waals surface area contributed by atoms with Crippen LogP contribution in [0.4, 0.5) is 5.69 Å². The summed E-state index contributed by atoms with van der Waals surface area (Å²) >= 11 is 0. The van der Waals surface area contributed by atoms with E-state index in [4.69, 9.17) is 15.2 Å². The predicted octanol–water partition coefficient (Wildman–Crippen LogP) is 4.39. The maximum absolute atomic E-state index is 5.70. The predicted molar refractivity (Wildman–Crippen MR) is 93.7 cm³/mol. The minimum absolute atomic E-state index is 0.476. The summed E-state index contributed by atoms with van der Waals surface area (Å²) in [6, 6.07) is 25.7. The Balaban J connectivity index is 1.49. The number of rotatable bonds is 6. The Morgan fingerprint density at radius 1 is 0.609 bits per heavy atom. The molecule has 0 aliphatic rings. The SMILES string of the molecule is Nc1cccc(OCCOc2ccc(-c3ccccc3)cc2)c1. The Bertz CT molecular complexity index is 739. The summed E-state index contributed by atoms with van der Waals surface area (Å²) < 4.78 is 11.3. The molecule has 3 aromatic rings. The van der Waals surface area contributed by atoms with Crippen molar-refractivity contribution in [2.45, 2.75) is 0 Å². The van der Waals surface area contributed by atoms with Crippen LogP contribution < -0.4 is 15.2 Å². The Morgan fingerprint density at radius 2 is 1.26 bits per heavy atom. The molecule has 0 amide bonds. The topological polar surface area (TPSA) is 44.5 Å². The maximum Gasteiger partial charge on any atom is 0.122 e. The van der Waals surface area contributed by atoms with Gasteiger partial charge in [0.15, 0.2) is 0 Å². The van der Waals surface area contributed by atoms with E-state index in [1.807, 2.05) is 48.5 Å². The van der Waals surface area contributed by atoms with Crippen molar-refractivity contribution in [2.24, 2.45) is 0 Å². The summed E-state index contributed by atoms with van der Waals surface area (Å²) in [7, 11) is 0. The first-order valence-electron chi connectivity index (χ1n) is 7.58. The van der Waals surface area contributed by atoms with E-state index in [2.05, 4.69) is 24.3 Å². The Morgan fingerprint density at radius 3 is 1.96 bits per heavy atom. The van der Waals surface area contributed by atoms with E-state index in [0.717, 1.165) is 11.5 Å². The van der Waals surface area contributed by atoms with Crippen molar-refractivity contribution in [3.63, 3.8) is 0 Å². The highest BCUT2D eigenvalue weighted by Gasteiger charge is 1.99. The van der Waals surface area contributed by atoms with Crippen molar-refractivity contribution in [1.82, 2.24) is 0 Å². The molecule has 3 heteroatoms. The number of hydrogen-bond acceptors (Lipinski definition) is 3. The monoisotopic (exact) mass is 305 g/mol. The smallest absolute Gasteiger partial charge is 0.122 e. The summed E-state index contributed by atoms with van der Waals surface area (Å²) in [4.78, 5) is 0. The number of nitrogens with two attached hydrogens (primary N) is 1. The van der Waals surface area contributed by atoms with Crippen molar-refractivity contribution in [1.29, 1.82) is 0 Å². The Hall–Kier alpha value is -2.94. The zero-order valence-corrected chi connectivity index (χ0v) is 12.8. The summed E-state index contributed by atoms with van der Waals surface area (Å²) in [5, 5.41) is 0. The van der Waals surface area contributed by atoms with Gasteiger partial charge in [0, 0.05) is 11.8 Å². The van der Waals surface area contributed by atoms with E-state index in [0.29, 0.717) is 18.9 Å². The van der Waals surface area contributed by atoms with Crippen LogP contribution >= 0.6 is 0 Å². The van der Waals surface area contributed by atoms with Gasteiger partial charge in [-0.2, -0.15) is 0 Å². The van der Waals surface area contributed by atoms with Gasteiger partial charge in [-0.25, -0.2) is 0 Å². The number of ether oxygens (including phenoxy) is 2. The quantitative estimate of drug-likeness (QED) is 0.542. The minimum Gasteiger partial charge on any atom is -0.490 e. The van der Waals surface area contributed by atoms with E-state index >= 15 is 0 Å². The highest BCUT2D eigenvalue weighted by molar-refractivity contribution is 5.63. The lowest BCUT2D eigenvalue weighted by atomic mass is 10.1. The molecule has 0 heterocycles. The Kier molecular flexibility index (Phi) is 4.79. The van der Waals surface area contributed by atoms with Crippen molar-refractivity contribution >= 4 is 5.69 Å². The first kappa shape index (κ1) is 15.0. The summed E-state index contributed by atoms with van der Waals surface area (Å²) in [6.07, 6.45) is 0. The molecule has 0 aliphatic carbocycles. The molecule has 0 fully saturated rings. The molecule has 0 bridgehead atoms. The molecule has 0 saturated carbocycles. The molecule has 3 rings (SSSR count). The molecule has 0 radical (unpaired) electrons. The van der Waals surface area contributed by atoms with Gasteiger partial charge in [-0.15, -0.1) is 0 Å². The molecular formula is C20H19NO2. The van der Waals surface area contributed by atoms with E-state index in [9.17, 15) is 0 Å². The lowest BCUT2D eigenvalue weighted by Crippen LogP contribution is -2.09. The minimum atomic E-state index is 0.476. The fourth-order valence-electron chi connectivity index (χ4n) is 2.30. The largest absolute Gasteiger partial charge is 0.490 e. The van der Waals surface area contributed by atoms with Gasteiger partial charge < -0.3 is 15.2 Å². The molecule has 0 saturated heterocycles. The number of nitrogen functional groups attached to an aromatic ring is 1. The van der Waals surface area contributed by atoms with Crippen LogP contribution in [0, 0.1) is 0 Å². The Labute approximate surface area is 136 Å². The van der Waals surface area contributed by atoms with Crippen molar-refractivity contribution in [3.05, 3.63) is 78.9 Å². The average molecular weight is 305 g/mol. The van der Waals surface area contributed by atoms with E-state index in [1.165, 1.54) is 11.1 Å². The van der Waals surface area contributed by atoms with Crippen LogP contribution in [0.1, 0.15) is 0 Å². The van der Waals surface area contributed by atoms with Crippen molar-refractivity contribution in [3.8, 4) is 22.6 Å². The van der Waals surface area contributed by atoms with Crippen LogP contribution in [0.15, 0.2) is 78.9 Å². The van der Waals surface area contributed by atoms with E-state index < -0.39 is 0 Å². The van der Waals surface area contributed by atoms with Crippen LogP contribution in [0.2, 0.25) is 0 Å². The summed E-state index contributed by atoms with van der Waals surface area (Å²) in [5.41, 5.74) is 8.77. The first-order valence-corrected chi connectivity index (χ1v) is 7.58.